The Morgan fingerprint density at radius 1 is 1.28 bits per heavy atom. The molecule has 2 rings (SSSR count). The molecule has 1 heterocycles. The summed E-state index contributed by atoms with van der Waals surface area (Å²) in [5, 5.41) is 6.32. The molecule has 138 valence electrons. The van der Waals surface area contributed by atoms with Crippen molar-refractivity contribution >= 4 is 23.4 Å². The molecule has 0 aliphatic carbocycles. The van der Waals surface area contributed by atoms with Crippen LogP contribution in [0.5, 0.6) is 0 Å². The number of nitrogens with zero attached hydrogens (tertiary/aromatic N) is 1. The van der Waals surface area contributed by atoms with E-state index < -0.39 is 5.60 Å². The second-order valence-corrected chi connectivity index (χ2v) is 7.39. The quantitative estimate of drug-likeness (QED) is 0.868. The van der Waals surface area contributed by atoms with Crippen LogP contribution in [0.1, 0.15) is 47.0 Å². The number of rotatable bonds is 4. The molecule has 0 bridgehead atoms. The zero-order chi connectivity index (χ0) is 18.4. The summed E-state index contributed by atoms with van der Waals surface area (Å²) in [7, 11) is 0. The van der Waals surface area contributed by atoms with E-state index in [-0.39, 0.29) is 18.0 Å². The highest BCUT2D eigenvalue weighted by Crippen LogP contribution is 2.21. The lowest BCUT2D eigenvalue weighted by atomic mass is 10.1. The molecule has 6 heteroatoms. The summed E-state index contributed by atoms with van der Waals surface area (Å²) in [5.74, 6) is -0.00841. The van der Waals surface area contributed by atoms with E-state index in [1.807, 2.05) is 52.0 Å². The van der Waals surface area contributed by atoms with Crippen molar-refractivity contribution in [2.45, 2.75) is 58.6 Å². The third-order valence-corrected chi connectivity index (χ3v) is 3.91. The monoisotopic (exact) mass is 347 g/mol. The normalized spacial score (nSPS) is 17.8. The number of nitrogens with one attached hydrogen (secondary N) is 2. The average Bonchev–Trinajstić information content (AvgIpc) is 2.53. The number of hydrogen-bond acceptors (Lipinski definition) is 4. The first-order chi connectivity index (χ1) is 11.8. The van der Waals surface area contributed by atoms with Gasteiger partial charge in [0.05, 0.1) is 0 Å². The van der Waals surface area contributed by atoms with Gasteiger partial charge in [0.1, 0.15) is 5.60 Å². The van der Waals surface area contributed by atoms with E-state index in [1.54, 1.807) is 4.90 Å². The fourth-order valence-corrected chi connectivity index (χ4v) is 2.76. The maximum atomic E-state index is 12.2. The van der Waals surface area contributed by atoms with Gasteiger partial charge >= 0.3 is 6.09 Å². The molecule has 2 amide bonds. The SMILES string of the molecule is CCC(=O)Nc1cccc(NC2CCCN(C(=O)OC(C)(C)C)C2)c1. The zero-order valence-electron chi connectivity index (χ0n) is 15.6. The minimum absolute atomic E-state index is 0.00841. The number of piperidine rings is 1. The molecule has 1 aromatic carbocycles. The summed E-state index contributed by atoms with van der Waals surface area (Å²) in [6, 6.07) is 7.82. The van der Waals surface area contributed by atoms with Crippen LogP contribution in [0.25, 0.3) is 0 Å². The molecule has 0 radical (unpaired) electrons. The van der Waals surface area contributed by atoms with Crippen molar-refractivity contribution < 1.29 is 14.3 Å². The maximum absolute atomic E-state index is 12.2. The number of anilines is 2. The fraction of sp³-hybridized carbons (Fsp3) is 0.579. The molecule has 0 saturated carbocycles. The lowest BCUT2D eigenvalue weighted by Gasteiger charge is -2.34. The van der Waals surface area contributed by atoms with Crippen LogP contribution in [-0.4, -0.2) is 41.6 Å². The molecule has 1 saturated heterocycles. The van der Waals surface area contributed by atoms with Gasteiger partial charge in [-0.1, -0.05) is 13.0 Å². The Morgan fingerprint density at radius 3 is 2.68 bits per heavy atom. The third kappa shape index (κ3) is 6.29. The first kappa shape index (κ1) is 19.1. The Bertz CT molecular complexity index is 610. The van der Waals surface area contributed by atoms with E-state index >= 15 is 0 Å². The lowest BCUT2D eigenvalue weighted by molar-refractivity contribution is -0.115. The number of amides is 2. The van der Waals surface area contributed by atoms with Crippen LogP contribution in [0.4, 0.5) is 16.2 Å². The highest BCUT2D eigenvalue weighted by atomic mass is 16.6. The van der Waals surface area contributed by atoms with Crippen LogP contribution in [0.3, 0.4) is 0 Å². The van der Waals surface area contributed by atoms with Gasteiger partial charge in [0.15, 0.2) is 0 Å². The molecule has 1 unspecified atom stereocenters. The van der Waals surface area contributed by atoms with Gasteiger partial charge in [-0.3, -0.25) is 4.79 Å². The van der Waals surface area contributed by atoms with Crippen molar-refractivity contribution in [1.29, 1.82) is 0 Å². The first-order valence-electron chi connectivity index (χ1n) is 8.91. The standard InChI is InChI=1S/C19H29N3O3/c1-5-17(23)21-15-9-6-8-14(12-15)20-16-10-7-11-22(13-16)18(24)25-19(2,3)4/h6,8-9,12,16,20H,5,7,10-11,13H2,1-4H3,(H,21,23). The molecule has 1 atom stereocenters. The summed E-state index contributed by atoms with van der Waals surface area (Å²) in [5.41, 5.74) is 1.23. The third-order valence-electron chi connectivity index (χ3n) is 3.91. The summed E-state index contributed by atoms with van der Waals surface area (Å²) < 4.78 is 5.46. The number of likely N-dealkylation sites (tertiary alicyclic amines) is 1. The van der Waals surface area contributed by atoms with Gasteiger partial charge in [0.2, 0.25) is 5.91 Å². The van der Waals surface area contributed by atoms with Crippen LogP contribution in [-0.2, 0) is 9.53 Å². The van der Waals surface area contributed by atoms with Crippen molar-refractivity contribution in [3.8, 4) is 0 Å². The van der Waals surface area contributed by atoms with Crippen molar-refractivity contribution in [1.82, 2.24) is 4.90 Å². The van der Waals surface area contributed by atoms with E-state index in [2.05, 4.69) is 10.6 Å². The number of carbonyl (C=O) groups excluding carboxylic acids is 2. The zero-order valence-corrected chi connectivity index (χ0v) is 15.6. The smallest absolute Gasteiger partial charge is 0.410 e. The van der Waals surface area contributed by atoms with E-state index in [1.165, 1.54) is 0 Å². The molecule has 1 fully saturated rings. The second kappa shape index (κ2) is 8.23. The highest BCUT2D eigenvalue weighted by molar-refractivity contribution is 5.90. The van der Waals surface area contributed by atoms with Crippen LogP contribution >= 0.6 is 0 Å². The Balaban J connectivity index is 1.95. The number of benzene rings is 1. The summed E-state index contributed by atoms with van der Waals surface area (Å²) >= 11 is 0. The highest BCUT2D eigenvalue weighted by Gasteiger charge is 2.27. The maximum Gasteiger partial charge on any atom is 0.410 e. The average molecular weight is 347 g/mol. The van der Waals surface area contributed by atoms with Crippen molar-refractivity contribution in [2.24, 2.45) is 0 Å². The van der Waals surface area contributed by atoms with E-state index in [4.69, 9.17) is 4.74 Å². The molecular weight excluding hydrogens is 318 g/mol. The van der Waals surface area contributed by atoms with E-state index in [0.717, 1.165) is 30.8 Å². The largest absolute Gasteiger partial charge is 0.444 e. The van der Waals surface area contributed by atoms with Gasteiger partial charge in [-0.15, -0.1) is 0 Å². The van der Waals surface area contributed by atoms with E-state index in [9.17, 15) is 9.59 Å². The first-order valence-corrected chi connectivity index (χ1v) is 8.91. The van der Waals surface area contributed by atoms with Crippen LogP contribution in [0.15, 0.2) is 24.3 Å². The summed E-state index contributed by atoms with van der Waals surface area (Å²) in [4.78, 5) is 25.5. The molecule has 1 aliphatic heterocycles. The molecule has 1 aromatic rings. The molecule has 0 aromatic heterocycles. The Morgan fingerprint density at radius 2 is 2.00 bits per heavy atom. The van der Waals surface area contributed by atoms with Gasteiger partial charge in [-0.25, -0.2) is 4.79 Å². The molecule has 2 N–H and O–H groups in total. The summed E-state index contributed by atoms with van der Waals surface area (Å²) in [6.45, 7) is 8.78. The van der Waals surface area contributed by atoms with Gasteiger partial charge in [0.25, 0.3) is 0 Å². The van der Waals surface area contributed by atoms with Gasteiger partial charge in [-0.2, -0.15) is 0 Å². The fourth-order valence-electron chi connectivity index (χ4n) is 2.76. The Labute approximate surface area is 149 Å². The molecule has 25 heavy (non-hydrogen) atoms. The molecule has 1 aliphatic rings. The minimum atomic E-state index is -0.483. The molecule has 0 spiro atoms. The van der Waals surface area contributed by atoms with Gasteiger partial charge in [-0.05, 0) is 51.8 Å². The predicted octanol–water partition coefficient (Wildman–Crippen LogP) is 3.85. The minimum Gasteiger partial charge on any atom is -0.444 e. The van der Waals surface area contributed by atoms with Gasteiger partial charge < -0.3 is 20.3 Å². The van der Waals surface area contributed by atoms with E-state index in [0.29, 0.717) is 13.0 Å². The van der Waals surface area contributed by atoms with Crippen LogP contribution in [0.2, 0.25) is 0 Å². The Hall–Kier alpha value is -2.24. The second-order valence-electron chi connectivity index (χ2n) is 7.39. The topological polar surface area (TPSA) is 70.7 Å². The number of carbonyl (C=O) groups is 2. The lowest BCUT2D eigenvalue weighted by Crippen LogP contribution is -2.46. The molecule has 6 nitrogen and oxygen atoms in total. The van der Waals surface area contributed by atoms with Crippen molar-refractivity contribution in [3.63, 3.8) is 0 Å². The molecular formula is C19H29N3O3. The van der Waals surface area contributed by atoms with Crippen molar-refractivity contribution in [3.05, 3.63) is 24.3 Å². The van der Waals surface area contributed by atoms with Crippen molar-refractivity contribution in [2.75, 3.05) is 23.7 Å². The van der Waals surface area contributed by atoms with Crippen LogP contribution in [0, 0.1) is 0 Å². The number of hydrogen-bond donors (Lipinski definition) is 2. The summed E-state index contributed by atoms with van der Waals surface area (Å²) in [6.07, 6.45) is 2.11. The van der Waals surface area contributed by atoms with Crippen LogP contribution < -0.4 is 10.6 Å². The Kier molecular flexibility index (Phi) is 6.28. The van der Waals surface area contributed by atoms with Gasteiger partial charge in [0, 0.05) is 36.9 Å². The number of ether oxygens (including phenoxy) is 1. The predicted molar refractivity (Wildman–Crippen MR) is 99.8 cm³/mol.